The summed E-state index contributed by atoms with van der Waals surface area (Å²) in [5.74, 6) is 0. The van der Waals surface area contributed by atoms with E-state index in [0.717, 1.165) is 5.69 Å². The first-order valence-electron chi connectivity index (χ1n) is 4.20. The fraction of sp³-hybridized carbons (Fsp3) is 0.200. The Labute approximate surface area is 81.4 Å². The molecule has 2 aromatic rings. The van der Waals surface area contributed by atoms with Gasteiger partial charge in [0.1, 0.15) is 0 Å². The fourth-order valence-electron chi connectivity index (χ4n) is 1.39. The number of nitrogens with one attached hydrogen (secondary N) is 1. The molecule has 0 aliphatic rings. The van der Waals surface area contributed by atoms with Crippen LogP contribution in [0.15, 0.2) is 29.1 Å². The number of aryl methyl sites for hydroxylation is 1. The van der Waals surface area contributed by atoms with Crippen LogP contribution in [0.1, 0.15) is 22.9 Å². The molecule has 3 N–H and O–H groups in total. The molecule has 1 atom stereocenters. The van der Waals surface area contributed by atoms with Crippen molar-refractivity contribution < 1.29 is 0 Å². The Morgan fingerprint density at radius 2 is 2.31 bits per heavy atom. The molecule has 68 valence electrons. The minimum atomic E-state index is -0.0127. The molecule has 0 saturated carbocycles. The molecule has 0 aliphatic heterocycles. The molecular formula is C10H12N2S. The highest BCUT2D eigenvalue weighted by Gasteiger charge is 2.11. The first kappa shape index (κ1) is 8.53. The standard InChI is InChI=1S/C10H12N2S/c1-7-5-13-6-8(7)10(11)9-3-2-4-12-9/h2-6,10,12H,11H2,1H3. The molecule has 0 saturated heterocycles. The summed E-state index contributed by atoms with van der Waals surface area (Å²) in [4.78, 5) is 3.13. The highest BCUT2D eigenvalue weighted by Crippen LogP contribution is 2.24. The third kappa shape index (κ3) is 1.53. The van der Waals surface area contributed by atoms with E-state index in [4.69, 9.17) is 5.73 Å². The van der Waals surface area contributed by atoms with Crippen molar-refractivity contribution in [2.45, 2.75) is 13.0 Å². The van der Waals surface area contributed by atoms with Crippen LogP contribution in [-0.4, -0.2) is 4.98 Å². The molecule has 2 heterocycles. The summed E-state index contributed by atoms with van der Waals surface area (Å²) in [6, 6.07) is 3.97. The normalized spacial score (nSPS) is 13.1. The Kier molecular flexibility index (Phi) is 2.20. The van der Waals surface area contributed by atoms with Gasteiger partial charge in [-0.2, -0.15) is 11.3 Å². The summed E-state index contributed by atoms with van der Waals surface area (Å²) in [5, 5.41) is 4.24. The van der Waals surface area contributed by atoms with E-state index in [-0.39, 0.29) is 6.04 Å². The highest BCUT2D eigenvalue weighted by atomic mass is 32.1. The topological polar surface area (TPSA) is 41.8 Å². The van der Waals surface area contributed by atoms with E-state index in [0.29, 0.717) is 0 Å². The van der Waals surface area contributed by atoms with Gasteiger partial charge in [-0.15, -0.1) is 0 Å². The van der Waals surface area contributed by atoms with Crippen LogP contribution in [0.25, 0.3) is 0 Å². The summed E-state index contributed by atoms with van der Waals surface area (Å²) in [6.45, 7) is 2.09. The van der Waals surface area contributed by atoms with E-state index in [9.17, 15) is 0 Å². The number of nitrogens with two attached hydrogens (primary N) is 1. The van der Waals surface area contributed by atoms with E-state index in [2.05, 4.69) is 22.7 Å². The number of aromatic nitrogens is 1. The van der Waals surface area contributed by atoms with Crippen LogP contribution >= 0.6 is 11.3 Å². The zero-order valence-electron chi connectivity index (χ0n) is 7.45. The Balaban J connectivity index is 2.33. The van der Waals surface area contributed by atoms with Crippen LogP contribution in [0.3, 0.4) is 0 Å². The molecule has 0 radical (unpaired) electrons. The zero-order valence-corrected chi connectivity index (χ0v) is 8.27. The van der Waals surface area contributed by atoms with Gasteiger partial charge >= 0.3 is 0 Å². The molecule has 0 amide bonds. The lowest BCUT2D eigenvalue weighted by Crippen LogP contribution is -2.12. The maximum Gasteiger partial charge on any atom is 0.0714 e. The number of hydrogen-bond donors (Lipinski definition) is 2. The number of rotatable bonds is 2. The van der Waals surface area contributed by atoms with Crippen molar-refractivity contribution in [3.05, 3.63) is 45.9 Å². The average molecular weight is 192 g/mol. The lowest BCUT2D eigenvalue weighted by molar-refractivity contribution is 0.836. The summed E-state index contributed by atoms with van der Waals surface area (Å²) >= 11 is 1.70. The summed E-state index contributed by atoms with van der Waals surface area (Å²) < 4.78 is 0. The molecule has 2 nitrogen and oxygen atoms in total. The summed E-state index contributed by atoms with van der Waals surface area (Å²) in [6.07, 6.45) is 1.90. The van der Waals surface area contributed by atoms with Gasteiger partial charge in [-0.25, -0.2) is 0 Å². The third-order valence-corrected chi connectivity index (χ3v) is 3.07. The second-order valence-corrected chi connectivity index (χ2v) is 3.86. The van der Waals surface area contributed by atoms with Crippen molar-refractivity contribution in [3.63, 3.8) is 0 Å². The van der Waals surface area contributed by atoms with Gasteiger partial charge in [-0.1, -0.05) is 0 Å². The highest BCUT2D eigenvalue weighted by molar-refractivity contribution is 7.08. The zero-order chi connectivity index (χ0) is 9.26. The predicted octanol–water partition coefficient (Wildman–Crippen LogP) is 2.43. The lowest BCUT2D eigenvalue weighted by Gasteiger charge is -2.09. The molecule has 0 spiro atoms. The SMILES string of the molecule is Cc1cscc1C(N)c1ccc[nH]1. The average Bonchev–Trinajstić information content (AvgIpc) is 2.72. The maximum absolute atomic E-state index is 6.08. The molecule has 13 heavy (non-hydrogen) atoms. The van der Waals surface area contributed by atoms with Gasteiger partial charge in [-0.05, 0) is 40.9 Å². The molecule has 2 aromatic heterocycles. The molecule has 0 fully saturated rings. The third-order valence-electron chi connectivity index (χ3n) is 2.19. The van der Waals surface area contributed by atoms with Gasteiger partial charge in [0.05, 0.1) is 6.04 Å². The molecule has 0 bridgehead atoms. The molecule has 2 rings (SSSR count). The van der Waals surface area contributed by atoms with Crippen LogP contribution < -0.4 is 5.73 Å². The van der Waals surface area contributed by atoms with Crippen molar-refractivity contribution >= 4 is 11.3 Å². The number of hydrogen-bond acceptors (Lipinski definition) is 2. The van der Waals surface area contributed by atoms with Gasteiger partial charge in [0, 0.05) is 11.9 Å². The van der Waals surface area contributed by atoms with Gasteiger partial charge in [-0.3, -0.25) is 0 Å². The second kappa shape index (κ2) is 3.36. The Hall–Kier alpha value is -1.06. The van der Waals surface area contributed by atoms with Gasteiger partial charge < -0.3 is 10.7 Å². The molecule has 0 aromatic carbocycles. The van der Waals surface area contributed by atoms with Crippen molar-refractivity contribution in [1.29, 1.82) is 0 Å². The van der Waals surface area contributed by atoms with Crippen molar-refractivity contribution in [2.24, 2.45) is 5.73 Å². The van der Waals surface area contributed by atoms with Gasteiger partial charge in [0.2, 0.25) is 0 Å². The molecule has 0 aliphatic carbocycles. The molecular weight excluding hydrogens is 180 g/mol. The predicted molar refractivity (Wildman–Crippen MR) is 55.9 cm³/mol. The smallest absolute Gasteiger partial charge is 0.0714 e. The Morgan fingerprint density at radius 1 is 1.46 bits per heavy atom. The van der Waals surface area contributed by atoms with Crippen molar-refractivity contribution in [3.8, 4) is 0 Å². The molecule has 3 heteroatoms. The Morgan fingerprint density at radius 3 is 2.85 bits per heavy atom. The van der Waals surface area contributed by atoms with Crippen LogP contribution in [0.2, 0.25) is 0 Å². The number of thiophene rings is 1. The van der Waals surface area contributed by atoms with E-state index < -0.39 is 0 Å². The monoisotopic (exact) mass is 192 g/mol. The minimum Gasteiger partial charge on any atom is -0.363 e. The Bertz CT molecular complexity index is 375. The van der Waals surface area contributed by atoms with Gasteiger partial charge in [0.25, 0.3) is 0 Å². The van der Waals surface area contributed by atoms with Crippen molar-refractivity contribution in [2.75, 3.05) is 0 Å². The first-order valence-corrected chi connectivity index (χ1v) is 5.15. The van der Waals surface area contributed by atoms with Gasteiger partial charge in [0.15, 0.2) is 0 Å². The largest absolute Gasteiger partial charge is 0.363 e. The second-order valence-electron chi connectivity index (χ2n) is 3.11. The number of aromatic amines is 1. The lowest BCUT2D eigenvalue weighted by atomic mass is 10.1. The quantitative estimate of drug-likeness (QED) is 0.754. The fourth-order valence-corrected chi connectivity index (χ4v) is 2.28. The van der Waals surface area contributed by atoms with Crippen LogP contribution in [-0.2, 0) is 0 Å². The minimum absolute atomic E-state index is 0.0127. The number of H-pyrrole nitrogens is 1. The maximum atomic E-state index is 6.08. The van der Waals surface area contributed by atoms with E-state index in [1.165, 1.54) is 11.1 Å². The van der Waals surface area contributed by atoms with Crippen molar-refractivity contribution in [1.82, 2.24) is 4.98 Å². The van der Waals surface area contributed by atoms with E-state index in [1.807, 2.05) is 18.3 Å². The summed E-state index contributed by atoms with van der Waals surface area (Å²) in [5.41, 5.74) is 9.64. The van der Waals surface area contributed by atoms with Crippen LogP contribution in [0.5, 0.6) is 0 Å². The van der Waals surface area contributed by atoms with Crippen LogP contribution in [0, 0.1) is 6.92 Å². The van der Waals surface area contributed by atoms with E-state index >= 15 is 0 Å². The summed E-state index contributed by atoms with van der Waals surface area (Å²) in [7, 11) is 0. The van der Waals surface area contributed by atoms with Crippen LogP contribution in [0.4, 0.5) is 0 Å². The molecule has 1 unspecified atom stereocenters. The first-order chi connectivity index (χ1) is 6.29. The van der Waals surface area contributed by atoms with E-state index in [1.54, 1.807) is 11.3 Å².